The van der Waals surface area contributed by atoms with E-state index >= 15 is 0 Å². The highest BCUT2D eigenvalue weighted by atomic mass is 79.9. The summed E-state index contributed by atoms with van der Waals surface area (Å²) in [6, 6.07) is 16.2. The predicted octanol–water partition coefficient (Wildman–Crippen LogP) is 5.24. The molecule has 0 unspecified atom stereocenters. The van der Waals surface area contributed by atoms with Gasteiger partial charge in [0.1, 0.15) is 12.4 Å². The molecule has 0 saturated carbocycles. The van der Waals surface area contributed by atoms with Gasteiger partial charge in [0.05, 0.1) is 0 Å². The average Bonchev–Trinajstić information content (AvgIpc) is 3.02. The zero-order valence-electron chi connectivity index (χ0n) is 14.3. The maximum absolute atomic E-state index is 5.83. The van der Waals surface area contributed by atoms with Gasteiger partial charge in [-0.2, -0.15) is 0 Å². The fourth-order valence-corrected chi connectivity index (χ4v) is 3.80. The lowest BCUT2D eigenvalue weighted by atomic mass is 10.1. The van der Waals surface area contributed by atoms with Crippen LogP contribution < -0.4 is 4.74 Å². The topological polar surface area (TPSA) is 39.9 Å². The molecule has 0 radical (unpaired) electrons. The Morgan fingerprint density at radius 2 is 1.84 bits per heavy atom. The molecule has 0 aliphatic heterocycles. The molecule has 0 spiro atoms. The maximum atomic E-state index is 5.83. The van der Waals surface area contributed by atoms with Crippen LogP contribution >= 0.6 is 27.7 Å². The Labute approximate surface area is 160 Å². The molecule has 1 aromatic heterocycles. The van der Waals surface area contributed by atoms with Gasteiger partial charge in [-0.1, -0.05) is 52.0 Å². The van der Waals surface area contributed by atoms with Crippen molar-refractivity contribution < 1.29 is 4.74 Å². The summed E-state index contributed by atoms with van der Waals surface area (Å²) in [5.41, 5.74) is 2.63. The molecule has 25 heavy (non-hydrogen) atoms. The summed E-state index contributed by atoms with van der Waals surface area (Å²) in [4.78, 5) is 0. The Bertz CT molecular complexity index is 833. The lowest BCUT2D eigenvalue weighted by molar-refractivity contribution is 0.288. The highest BCUT2D eigenvalue weighted by Gasteiger charge is 2.12. The third-order valence-electron chi connectivity index (χ3n) is 3.91. The molecule has 2 aromatic carbocycles. The van der Waals surface area contributed by atoms with E-state index in [1.54, 1.807) is 11.8 Å². The van der Waals surface area contributed by atoms with Crippen molar-refractivity contribution in [2.24, 2.45) is 0 Å². The molecular formula is C19H20BrN3OS. The van der Waals surface area contributed by atoms with Crippen molar-refractivity contribution in [2.75, 3.05) is 0 Å². The second-order valence-corrected chi connectivity index (χ2v) is 7.46. The van der Waals surface area contributed by atoms with E-state index in [9.17, 15) is 0 Å². The summed E-state index contributed by atoms with van der Waals surface area (Å²) in [6.45, 7) is 5.47. The summed E-state index contributed by atoms with van der Waals surface area (Å²) in [5.74, 6) is 2.55. The molecule has 6 heteroatoms. The van der Waals surface area contributed by atoms with Crippen molar-refractivity contribution in [2.45, 2.75) is 37.9 Å². The molecule has 130 valence electrons. The third kappa shape index (κ3) is 4.64. The van der Waals surface area contributed by atoms with Crippen LogP contribution in [0.1, 0.15) is 23.9 Å². The number of aryl methyl sites for hydroxylation is 1. The molecule has 3 aromatic rings. The van der Waals surface area contributed by atoms with Gasteiger partial charge in [-0.05, 0) is 49.2 Å². The maximum Gasteiger partial charge on any atom is 0.191 e. The van der Waals surface area contributed by atoms with Crippen molar-refractivity contribution in [3.63, 3.8) is 0 Å². The molecule has 0 aliphatic carbocycles. The van der Waals surface area contributed by atoms with E-state index in [0.717, 1.165) is 33.5 Å². The van der Waals surface area contributed by atoms with Crippen LogP contribution in [0.3, 0.4) is 0 Å². The van der Waals surface area contributed by atoms with Gasteiger partial charge in [-0.25, -0.2) is 0 Å². The van der Waals surface area contributed by atoms with Gasteiger partial charge in [0.15, 0.2) is 11.0 Å². The Kier molecular flexibility index (Phi) is 6.15. The molecule has 0 atom stereocenters. The summed E-state index contributed by atoms with van der Waals surface area (Å²) in [7, 11) is 0. The average molecular weight is 418 g/mol. The van der Waals surface area contributed by atoms with Crippen LogP contribution in [-0.4, -0.2) is 14.8 Å². The van der Waals surface area contributed by atoms with Gasteiger partial charge < -0.3 is 9.30 Å². The van der Waals surface area contributed by atoms with Crippen LogP contribution in [0.25, 0.3) is 0 Å². The summed E-state index contributed by atoms with van der Waals surface area (Å²) in [5, 5.41) is 9.59. The molecule has 0 aliphatic rings. The van der Waals surface area contributed by atoms with Crippen molar-refractivity contribution in [1.82, 2.24) is 14.8 Å². The van der Waals surface area contributed by atoms with Gasteiger partial charge in [0, 0.05) is 16.8 Å². The van der Waals surface area contributed by atoms with Crippen molar-refractivity contribution in [1.29, 1.82) is 0 Å². The van der Waals surface area contributed by atoms with E-state index in [1.165, 1.54) is 11.1 Å². The number of benzene rings is 2. The van der Waals surface area contributed by atoms with Crippen LogP contribution in [0.4, 0.5) is 0 Å². The normalized spacial score (nSPS) is 10.8. The minimum absolute atomic E-state index is 0.410. The summed E-state index contributed by atoms with van der Waals surface area (Å²) >= 11 is 5.14. The standard InChI is InChI=1S/C19H20BrN3OS/c1-3-23-18(12-24-17-10-8-16(20)9-11-17)21-22-19(23)25-13-15-7-5-4-6-14(15)2/h4-11H,3,12-13H2,1-2H3. The first-order valence-corrected chi connectivity index (χ1v) is 9.93. The van der Waals surface area contributed by atoms with E-state index < -0.39 is 0 Å². The smallest absolute Gasteiger partial charge is 0.191 e. The van der Waals surface area contributed by atoms with Crippen LogP contribution in [0.15, 0.2) is 58.2 Å². The summed E-state index contributed by atoms with van der Waals surface area (Å²) < 4.78 is 8.98. The van der Waals surface area contributed by atoms with E-state index in [4.69, 9.17) is 4.74 Å². The quantitative estimate of drug-likeness (QED) is 0.492. The Hall–Kier alpha value is -1.79. The predicted molar refractivity (Wildman–Crippen MR) is 105 cm³/mol. The molecule has 0 N–H and O–H groups in total. The highest BCUT2D eigenvalue weighted by molar-refractivity contribution is 9.10. The second kappa shape index (κ2) is 8.54. The van der Waals surface area contributed by atoms with Gasteiger partial charge in [0.25, 0.3) is 0 Å². The monoisotopic (exact) mass is 417 g/mol. The van der Waals surface area contributed by atoms with Crippen LogP contribution in [0, 0.1) is 6.92 Å². The Morgan fingerprint density at radius 1 is 1.08 bits per heavy atom. The van der Waals surface area contributed by atoms with E-state index in [1.807, 2.05) is 24.3 Å². The minimum atomic E-state index is 0.410. The number of aromatic nitrogens is 3. The highest BCUT2D eigenvalue weighted by Crippen LogP contribution is 2.24. The molecule has 3 rings (SSSR count). The van der Waals surface area contributed by atoms with Gasteiger partial charge in [0.2, 0.25) is 0 Å². The molecule has 0 amide bonds. The van der Waals surface area contributed by atoms with Gasteiger partial charge in [-0.15, -0.1) is 10.2 Å². The molecule has 0 fully saturated rings. The van der Waals surface area contributed by atoms with Crippen LogP contribution in [0.5, 0.6) is 5.75 Å². The molecule has 4 nitrogen and oxygen atoms in total. The van der Waals surface area contributed by atoms with Crippen LogP contribution in [-0.2, 0) is 18.9 Å². The van der Waals surface area contributed by atoms with E-state index in [2.05, 4.69) is 68.8 Å². The first-order chi connectivity index (χ1) is 12.2. The number of ether oxygens (including phenoxy) is 1. The van der Waals surface area contributed by atoms with Crippen molar-refractivity contribution >= 4 is 27.7 Å². The number of rotatable bonds is 7. The van der Waals surface area contributed by atoms with Crippen LogP contribution in [0.2, 0.25) is 0 Å². The number of hydrogen-bond donors (Lipinski definition) is 0. The van der Waals surface area contributed by atoms with Crippen molar-refractivity contribution in [3.8, 4) is 5.75 Å². The SMILES string of the molecule is CCn1c(COc2ccc(Br)cc2)nnc1SCc1ccccc1C. The zero-order chi connectivity index (χ0) is 17.6. The largest absolute Gasteiger partial charge is 0.486 e. The fourth-order valence-electron chi connectivity index (χ4n) is 2.44. The van der Waals surface area contributed by atoms with Gasteiger partial charge >= 0.3 is 0 Å². The fraction of sp³-hybridized carbons (Fsp3) is 0.263. The number of halogens is 1. The number of hydrogen-bond acceptors (Lipinski definition) is 4. The first-order valence-electron chi connectivity index (χ1n) is 8.15. The summed E-state index contributed by atoms with van der Waals surface area (Å²) in [6.07, 6.45) is 0. The second-order valence-electron chi connectivity index (χ2n) is 5.60. The first kappa shape index (κ1) is 18.0. The molecule has 1 heterocycles. The Morgan fingerprint density at radius 3 is 2.56 bits per heavy atom. The van der Waals surface area contributed by atoms with Crippen molar-refractivity contribution in [3.05, 3.63) is 70.0 Å². The lowest BCUT2D eigenvalue weighted by Gasteiger charge is -2.09. The number of thioether (sulfide) groups is 1. The van der Waals surface area contributed by atoms with E-state index in [-0.39, 0.29) is 0 Å². The molecule has 0 saturated heterocycles. The molecular weight excluding hydrogens is 398 g/mol. The Balaban J connectivity index is 1.66. The lowest BCUT2D eigenvalue weighted by Crippen LogP contribution is -2.07. The zero-order valence-corrected chi connectivity index (χ0v) is 16.7. The van der Waals surface area contributed by atoms with Gasteiger partial charge in [-0.3, -0.25) is 0 Å². The minimum Gasteiger partial charge on any atom is -0.486 e. The third-order valence-corrected chi connectivity index (χ3v) is 5.45. The number of nitrogens with zero attached hydrogens (tertiary/aromatic N) is 3. The van der Waals surface area contributed by atoms with E-state index in [0.29, 0.717) is 6.61 Å². The molecule has 0 bridgehead atoms.